The van der Waals surface area contributed by atoms with Gasteiger partial charge in [-0.25, -0.2) is 37.8 Å². The van der Waals surface area contributed by atoms with Gasteiger partial charge in [0.1, 0.15) is 28.7 Å². The third-order valence-corrected chi connectivity index (χ3v) is 5.48. The van der Waals surface area contributed by atoms with Gasteiger partial charge in [0, 0.05) is 17.3 Å². The molecule has 2 heterocycles. The smallest absolute Gasteiger partial charge is 0.325 e. The molecule has 4 rings (SSSR count). The molecule has 3 amide bonds. The fourth-order valence-corrected chi connectivity index (χ4v) is 3.68. The molecule has 9 nitrogen and oxygen atoms in total. The Kier molecular flexibility index (Phi) is 6.83. The van der Waals surface area contributed by atoms with Crippen LogP contribution in [0.4, 0.5) is 29.5 Å². The zero-order valence-corrected chi connectivity index (χ0v) is 20.1. The monoisotopic (exact) mass is 522 g/mol. The average Bonchev–Trinajstić information content (AvgIpc) is 2.86. The average molecular weight is 522 g/mol. The van der Waals surface area contributed by atoms with Crippen LogP contribution in [0.2, 0.25) is 0 Å². The fraction of sp³-hybridized carbons (Fsp3) is 0.115. The summed E-state index contributed by atoms with van der Waals surface area (Å²) in [5, 5.41) is 10.2. The van der Waals surface area contributed by atoms with Gasteiger partial charge in [0.05, 0.1) is 17.0 Å². The second-order valence-corrected chi connectivity index (χ2v) is 8.69. The Labute approximate surface area is 214 Å². The van der Waals surface area contributed by atoms with Crippen LogP contribution in [-0.4, -0.2) is 32.0 Å². The van der Waals surface area contributed by atoms with Gasteiger partial charge in [0.15, 0.2) is 11.6 Å². The number of carbonyl (C=O) groups excluding carboxylic acids is 2. The summed E-state index contributed by atoms with van der Waals surface area (Å²) in [6.45, 7) is 2.88. The van der Waals surface area contributed by atoms with Crippen LogP contribution in [0, 0.1) is 17.5 Å². The third kappa shape index (κ3) is 5.02. The number of primary amides is 2. The Morgan fingerprint density at radius 3 is 2.21 bits per heavy atom. The van der Waals surface area contributed by atoms with E-state index < -0.39 is 40.7 Å². The van der Waals surface area contributed by atoms with E-state index in [1.807, 2.05) is 0 Å². The highest BCUT2D eigenvalue weighted by atomic mass is 19.1. The van der Waals surface area contributed by atoms with Gasteiger partial charge in [0.25, 0.3) is 5.91 Å². The van der Waals surface area contributed by atoms with Crippen LogP contribution in [-0.2, 0) is 5.60 Å². The first-order valence-corrected chi connectivity index (χ1v) is 11.1. The van der Waals surface area contributed by atoms with Gasteiger partial charge in [-0.1, -0.05) is 0 Å². The number of anilines is 2. The van der Waals surface area contributed by atoms with Crippen molar-refractivity contribution in [3.63, 3.8) is 0 Å². The van der Waals surface area contributed by atoms with Crippen molar-refractivity contribution >= 4 is 23.4 Å². The van der Waals surface area contributed by atoms with E-state index in [2.05, 4.69) is 15.0 Å². The van der Waals surface area contributed by atoms with Crippen LogP contribution in [0.15, 0.2) is 60.8 Å². The number of nitrogens with two attached hydrogens (primary N) is 2. The lowest BCUT2D eigenvalue weighted by molar-refractivity contribution is 0.0688. The fourth-order valence-electron chi connectivity index (χ4n) is 3.68. The van der Waals surface area contributed by atoms with E-state index in [0.29, 0.717) is 4.90 Å². The Morgan fingerprint density at radius 2 is 1.61 bits per heavy atom. The van der Waals surface area contributed by atoms with Crippen molar-refractivity contribution in [2.45, 2.75) is 19.4 Å². The molecule has 0 aliphatic carbocycles. The molecular weight excluding hydrogens is 501 g/mol. The van der Waals surface area contributed by atoms with Crippen molar-refractivity contribution in [2.24, 2.45) is 11.5 Å². The predicted octanol–water partition coefficient (Wildman–Crippen LogP) is 4.17. The minimum absolute atomic E-state index is 0.00401. The molecule has 0 saturated heterocycles. The minimum Gasteiger partial charge on any atom is -0.382 e. The van der Waals surface area contributed by atoms with Gasteiger partial charge in [0.2, 0.25) is 0 Å². The van der Waals surface area contributed by atoms with E-state index in [4.69, 9.17) is 11.5 Å². The Hall–Kier alpha value is -4.84. The molecule has 0 fully saturated rings. The molecule has 0 bridgehead atoms. The highest BCUT2D eigenvalue weighted by Gasteiger charge is 2.29. The Bertz CT molecular complexity index is 1560. The lowest BCUT2D eigenvalue weighted by Crippen LogP contribution is -2.34. The molecule has 0 spiro atoms. The second-order valence-electron chi connectivity index (χ2n) is 8.69. The van der Waals surface area contributed by atoms with Gasteiger partial charge in [-0.3, -0.25) is 4.79 Å². The zero-order chi connectivity index (χ0) is 27.8. The highest BCUT2D eigenvalue weighted by Crippen LogP contribution is 2.36. The van der Waals surface area contributed by atoms with Crippen LogP contribution in [0.25, 0.3) is 22.5 Å². The van der Waals surface area contributed by atoms with Crippen LogP contribution in [0.5, 0.6) is 0 Å². The van der Waals surface area contributed by atoms with Crippen molar-refractivity contribution in [3.05, 3.63) is 89.6 Å². The first-order chi connectivity index (χ1) is 17.9. The number of benzene rings is 2. The molecule has 5 N–H and O–H groups in total. The standard InChI is InChI=1S/C26H21F3N6O3/c1-26(2,38)24-32-12-11-18(33-24)15-7-9-17(28)22(20(15)29)35(25(31)37)19-10-8-16(23(30)36)21(34-19)13-3-5-14(27)6-4-13/h3-12,38H,1-2H3,(H2,30,36)(H2,31,37). The van der Waals surface area contributed by atoms with E-state index in [-0.39, 0.29) is 39.7 Å². The minimum atomic E-state index is -1.45. The summed E-state index contributed by atoms with van der Waals surface area (Å²) in [5.74, 6) is -4.13. The highest BCUT2D eigenvalue weighted by molar-refractivity contribution is 6.02. The summed E-state index contributed by atoms with van der Waals surface area (Å²) in [6, 6.07) is 9.30. The molecule has 38 heavy (non-hydrogen) atoms. The molecule has 194 valence electrons. The number of aromatic nitrogens is 3. The molecule has 0 unspecified atom stereocenters. The molecule has 0 atom stereocenters. The summed E-state index contributed by atoms with van der Waals surface area (Å²) in [4.78, 5) is 37.4. The van der Waals surface area contributed by atoms with Crippen molar-refractivity contribution in [2.75, 3.05) is 4.90 Å². The van der Waals surface area contributed by atoms with Gasteiger partial charge < -0.3 is 16.6 Å². The molecular formula is C26H21F3N6O3. The number of carbonyl (C=O) groups is 2. The summed E-state index contributed by atoms with van der Waals surface area (Å²) in [5.41, 5.74) is 8.56. The van der Waals surface area contributed by atoms with Crippen LogP contribution in [0.1, 0.15) is 30.0 Å². The zero-order valence-electron chi connectivity index (χ0n) is 20.1. The summed E-state index contributed by atoms with van der Waals surface area (Å²) in [7, 11) is 0. The van der Waals surface area contributed by atoms with E-state index in [0.717, 1.165) is 30.3 Å². The Balaban J connectivity index is 1.91. The number of halogens is 3. The van der Waals surface area contributed by atoms with Crippen LogP contribution in [0.3, 0.4) is 0 Å². The van der Waals surface area contributed by atoms with E-state index in [1.54, 1.807) is 0 Å². The largest absolute Gasteiger partial charge is 0.382 e. The number of pyridine rings is 1. The first kappa shape index (κ1) is 26.2. The van der Waals surface area contributed by atoms with Crippen molar-refractivity contribution in [1.29, 1.82) is 0 Å². The number of nitrogens with zero attached hydrogens (tertiary/aromatic N) is 4. The molecule has 0 aliphatic rings. The predicted molar refractivity (Wildman–Crippen MR) is 133 cm³/mol. The van der Waals surface area contributed by atoms with Crippen molar-refractivity contribution < 1.29 is 27.9 Å². The van der Waals surface area contributed by atoms with Crippen LogP contribution < -0.4 is 16.4 Å². The molecule has 0 saturated carbocycles. The number of hydrogen-bond acceptors (Lipinski definition) is 6. The maximum atomic E-state index is 15.9. The van der Waals surface area contributed by atoms with E-state index in [9.17, 15) is 19.1 Å². The van der Waals surface area contributed by atoms with Crippen molar-refractivity contribution in [3.8, 4) is 22.5 Å². The topological polar surface area (TPSA) is 148 Å². The van der Waals surface area contributed by atoms with Crippen molar-refractivity contribution in [1.82, 2.24) is 15.0 Å². The summed E-state index contributed by atoms with van der Waals surface area (Å²) >= 11 is 0. The molecule has 2 aromatic heterocycles. The first-order valence-electron chi connectivity index (χ1n) is 11.1. The maximum Gasteiger partial charge on any atom is 0.325 e. The number of hydrogen-bond donors (Lipinski definition) is 3. The second kappa shape index (κ2) is 9.90. The lowest BCUT2D eigenvalue weighted by Gasteiger charge is -2.23. The van der Waals surface area contributed by atoms with Gasteiger partial charge >= 0.3 is 6.03 Å². The van der Waals surface area contributed by atoms with E-state index in [1.165, 1.54) is 44.3 Å². The number of urea groups is 1. The maximum absolute atomic E-state index is 15.9. The molecule has 2 aromatic carbocycles. The van der Waals surface area contributed by atoms with Gasteiger partial charge in [-0.15, -0.1) is 0 Å². The lowest BCUT2D eigenvalue weighted by atomic mass is 10.0. The molecule has 12 heteroatoms. The Morgan fingerprint density at radius 1 is 0.921 bits per heavy atom. The molecule has 4 aromatic rings. The third-order valence-electron chi connectivity index (χ3n) is 5.48. The normalized spacial score (nSPS) is 11.3. The molecule has 0 radical (unpaired) electrons. The summed E-state index contributed by atoms with van der Waals surface area (Å²) in [6.07, 6.45) is 1.29. The quantitative estimate of drug-likeness (QED) is 0.346. The van der Waals surface area contributed by atoms with Crippen LogP contribution >= 0.6 is 0 Å². The molecule has 0 aliphatic heterocycles. The SMILES string of the molecule is CC(C)(O)c1nccc(-c2ccc(F)c(N(C(N)=O)c3ccc(C(N)=O)c(-c4ccc(F)cc4)n3)c2F)n1. The number of amides is 3. The van der Waals surface area contributed by atoms with Gasteiger partial charge in [-0.2, -0.15) is 0 Å². The summed E-state index contributed by atoms with van der Waals surface area (Å²) < 4.78 is 44.4. The number of rotatable bonds is 6. The number of aliphatic hydroxyl groups is 1. The van der Waals surface area contributed by atoms with E-state index >= 15 is 8.78 Å². The van der Waals surface area contributed by atoms with Gasteiger partial charge in [-0.05, 0) is 68.4 Å².